The van der Waals surface area contributed by atoms with Gasteiger partial charge in [-0.3, -0.25) is 5.10 Å². The van der Waals surface area contributed by atoms with E-state index in [1.807, 2.05) is 6.92 Å². The zero-order valence-electron chi connectivity index (χ0n) is 16.0. The molecule has 142 valence electrons. The number of nitrogens with one attached hydrogen (secondary N) is 1. The predicted octanol–water partition coefficient (Wildman–Crippen LogP) is 3.98. The molecule has 1 N–H and O–H groups in total. The molecule has 0 spiro atoms. The second kappa shape index (κ2) is 6.31. The molecule has 28 heavy (non-hydrogen) atoms. The lowest BCUT2D eigenvalue weighted by Crippen LogP contribution is -2.12. The van der Waals surface area contributed by atoms with Crippen LogP contribution in [0.25, 0.3) is 15.6 Å². The average molecular weight is 395 g/mol. The first-order valence-corrected chi connectivity index (χ1v) is 9.19. The monoisotopic (exact) mass is 395 g/mol. The number of hydrogen-bond donors (Lipinski definition) is 1. The van der Waals surface area contributed by atoms with Gasteiger partial charge in [-0.25, -0.2) is 14.8 Å². The Balaban J connectivity index is 1.87. The van der Waals surface area contributed by atoms with Crippen LogP contribution in [0.4, 0.5) is 17.2 Å². The molecule has 0 aromatic carbocycles. The predicted molar refractivity (Wildman–Crippen MR) is 103 cm³/mol. The summed E-state index contributed by atoms with van der Waals surface area (Å²) in [6.07, 6.45) is 1.44. The summed E-state index contributed by atoms with van der Waals surface area (Å²) in [5, 5.41) is 21.1. The van der Waals surface area contributed by atoms with Gasteiger partial charge in [0.2, 0.25) is 10.8 Å². The minimum atomic E-state index is -0.232. The first-order valence-electron chi connectivity index (χ1n) is 8.41. The van der Waals surface area contributed by atoms with E-state index >= 15 is 0 Å². The lowest BCUT2D eigenvalue weighted by atomic mass is 9.91. The van der Waals surface area contributed by atoms with Crippen molar-refractivity contribution in [1.82, 2.24) is 38.9 Å². The Hall–Kier alpha value is -3.46. The molecular weight excluding hydrogens is 378 g/mol. The summed E-state index contributed by atoms with van der Waals surface area (Å²) in [6, 6.07) is 0. The van der Waals surface area contributed by atoms with Crippen LogP contribution in [0.1, 0.15) is 38.1 Å². The van der Waals surface area contributed by atoms with Crippen molar-refractivity contribution in [2.24, 2.45) is 10.2 Å². The standard InChI is InChI=1S/C16H17N11S/c1-8-19-14-11(12(16(3,4)5)24-27(14)23-8)21-22-13-10(17-6)7-18-26(13)15-20-9(2)25-28-15/h7,24H,1-5H3. The van der Waals surface area contributed by atoms with E-state index in [2.05, 4.69) is 65.5 Å². The van der Waals surface area contributed by atoms with Gasteiger partial charge >= 0.3 is 0 Å². The molecule has 12 heteroatoms. The second-order valence-corrected chi connectivity index (χ2v) is 7.91. The molecule has 4 aromatic rings. The highest BCUT2D eigenvalue weighted by Crippen LogP contribution is 2.37. The average Bonchev–Trinajstić information content (AvgIpc) is 3.35. The maximum Gasteiger partial charge on any atom is 0.252 e. The number of H-pyrrole nitrogens is 1. The summed E-state index contributed by atoms with van der Waals surface area (Å²) >= 11 is 1.18. The van der Waals surface area contributed by atoms with Crippen molar-refractivity contribution in [2.75, 3.05) is 0 Å². The highest BCUT2D eigenvalue weighted by molar-refractivity contribution is 7.08. The van der Waals surface area contributed by atoms with Gasteiger partial charge in [-0.15, -0.1) is 15.3 Å². The summed E-state index contributed by atoms with van der Waals surface area (Å²) in [6.45, 7) is 17.2. The quantitative estimate of drug-likeness (QED) is 0.416. The number of aryl methyl sites for hydroxylation is 2. The minimum absolute atomic E-state index is 0.232. The Labute approximate surface area is 164 Å². The molecule has 4 heterocycles. The molecule has 0 aliphatic carbocycles. The van der Waals surface area contributed by atoms with Crippen LogP contribution in [0.15, 0.2) is 16.4 Å². The van der Waals surface area contributed by atoms with Gasteiger partial charge in [0.05, 0.1) is 18.5 Å². The van der Waals surface area contributed by atoms with Crippen LogP contribution in [0.3, 0.4) is 0 Å². The third-order valence-electron chi connectivity index (χ3n) is 3.92. The van der Waals surface area contributed by atoms with E-state index in [1.54, 1.807) is 11.6 Å². The van der Waals surface area contributed by atoms with E-state index in [0.29, 0.717) is 33.9 Å². The fourth-order valence-corrected chi connectivity index (χ4v) is 3.29. The van der Waals surface area contributed by atoms with Gasteiger partial charge < -0.3 is 0 Å². The summed E-state index contributed by atoms with van der Waals surface area (Å²) in [7, 11) is 0. The first-order chi connectivity index (χ1) is 13.3. The third kappa shape index (κ3) is 2.95. The summed E-state index contributed by atoms with van der Waals surface area (Å²) in [5.41, 5.74) is 2.04. The van der Waals surface area contributed by atoms with Gasteiger partial charge in [-0.05, 0) is 13.8 Å². The van der Waals surface area contributed by atoms with Crippen LogP contribution in [0.5, 0.6) is 0 Å². The maximum absolute atomic E-state index is 7.40. The van der Waals surface area contributed by atoms with Gasteiger partial charge in [-0.2, -0.15) is 18.8 Å². The van der Waals surface area contributed by atoms with Crippen molar-refractivity contribution in [2.45, 2.75) is 40.0 Å². The number of rotatable bonds is 3. The van der Waals surface area contributed by atoms with Crippen LogP contribution in [0, 0.1) is 20.4 Å². The molecule has 0 fully saturated rings. The molecule has 0 unspecified atom stereocenters. The molecule has 0 radical (unpaired) electrons. The highest BCUT2D eigenvalue weighted by atomic mass is 32.1. The first kappa shape index (κ1) is 17.9. The van der Waals surface area contributed by atoms with E-state index in [9.17, 15) is 0 Å². The smallest absolute Gasteiger partial charge is 0.252 e. The van der Waals surface area contributed by atoms with E-state index in [0.717, 1.165) is 5.69 Å². The number of nitrogens with zero attached hydrogens (tertiary/aromatic N) is 10. The third-order valence-corrected chi connectivity index (χ3v) is 4.70. The van der Waals surface area contributed by atoms with Crippen molar-refractivity contribution in [3.05, 3.63) is 35.0 Å². The van der Waals surface area contributed by atoms with Crippen molar-refractivity contribution in [1.29, 1.82) is 0 Å². The molecule has 0 aliphatic rings. The Morgan fingerprint density at radius 2 is 1.96 bits per heavy atom. The lowest BCUT2D eigenvalue weighted by molar-refractivity contribution is 0.557. The van der Waals surface area contributed by atoms with Crippen LogP contribution < -0.4 is 0 Å². The maximum atomic E-state index is 7.40. The molecule has 0 aliphatic heterocycles. The molecular formula is C16H17N11S. The van der Waals surface area contributed by atoms with Gasteiger partial charge in [0, 0.05) is 16.9 Å². The Kier molecular flexibility index (Phi) is 4.04. The van der Waals surface area contributed by atoms with Crippen LogP contribution in [0.2, 0.25) is 0 Å². The van der Waals surface area contributed by atoms with Crippen molar-refractivity contribution in [3.63, 3.8) is 0 Å². The number of fused-ring (bicyclic) bond motifs is 1. The zero-order chi connectivity index (χ0) is 20.1. The number of aromatic amines is 1. The van der Waals surface area contributed by atoms with Gasteiger partial charge in [0.25, 0.3) is 5.69 Å². The van der Waals surface area contributed by atoms with Crippen LogP contribution >= 0.6 is 11.5 Å². The minimum Gasteiger partial charge on any atom is -0.277 e. The molecule has 0 bridgehead atoms. The molecule has 4 rings (SSSR count). The zero-order valence-corrected chi connectivity index (χ0v) is 16.8. The fraction of sp³-hybridized carbons (Fsp3) is 0.375. The highest BCUT2D eigenvalue weighted by Gasteiger charge is 2.25. The molecule has 11 nitrogen and oxygen atoms in total. The molecule has 0 atom stereocenters. The number of azo groups is 1. The number of aromatic nitrogens is 8. The molecule has 0 saturated heterocycles. The fourth-order valence-electron chi connectivity index (χ4n) is 2.65. The van der Waals surface area contributed by atoms with E-state index in [-0.39, 0.29) is 11.1 Å². The van der Waals surface area contributed by atoms with E-state index < -0.39 is 0 Å². The number of hydrogen-bond acceptors (Lipinski definition) is 8. The second-order valence-electron chi connectivity index (χ2n) is 7.18. The Bertz CT molecular complexity index is 1240. The van der Waals surface area contributed by atoms with Gasteiger partial charge in [-0.1, -0.05) is 20.8 Å². The summed E-state index contributed by atoms with van der Waals surface area (Å²) < 4.78 is 7.22. The largest absolute Gasteiger partial charge is 0.277 e. The Morgan fingerprint density at radius 1 is 1.18 bits per heavy atom. The van der Waals surface area contributed by atoms with Gasteiger partial charge in [0.1, 0.15) is 11.6 Å². The van der Waals surface area contributed by atoms with E-state index in [1.165, 1.54) is 22.4 Å². The topological polar surface area (TPSA) is 119 Å². The lowest BCUT2D eigenvalue weighted by Gasteiger charge is -2.16. The molecule has 0 saturated carbocycles. The van der Waals surface area contributed by atoms with Crippen LogP contribution in [-0.2, 0) is 5.41 Å². The van der Waals surface area contributed by atoms with Crippen molar-refractivity contribution in [3.8, 4) is 5.13 Å². The summed E-state index contributed by atoms with van der Waals surface area (Å²) in [5.74, 6) is 1.55. The van der Waals surface area contributed by atoms with Crippen LogP contribution in [-0.4, -0.2) is 38.9 Å². The molecule has 0 amide bonds. The normalized spacial score (nSPS) is 12.3. The Morgan fingerprint density at radius 3 is 2.61 bits per heavy atom. The van der Waals surface area contributed by atoms with Crippen molar-refractivity contribution >= 4 is 34.4 Å². The molecule has 4 aromatic heterocycles. The van der Waals surface area contributed by atoms with Crippen molar-refractivity contribution < 1.29 is 0 Å². The summed E-state index contributed by atoms with van der Waals surface area (Å²) in [4.78, 5) is 12.2. The SMILES string of the molecule is [C-]#[N+]c1cnn(-c2nc(C)ns2)c1N=Nc1c(C(C)(C)C)[nH]n2nc(C)nc12. The van der Waals surface area contributed by atoms with Gasteiger partial charge in [0.15, 0.2) is 11.5 Å². The van der Waals surface area contributed by atoms with E-state index in [4.69, 9.17) is 6.57 Å².